The number of anilines is 2. The molecule has 0 fully saturated rings. The van der Waals surface area contributed by atoms with E-state index in [2.05, 4.69) is 15.3 Å². The number of hydrogen-bond donors (Lipinski definition) is 3. The normalized spacial score (nSPS) is 15.4. The van der Waals surface area contributed by atoms with Gasteiger partial charge in [0.25, 0.3) is 0 Å². The summed E-state index contributed by atoms with van der Waals surface area (Å²) in [6.07, 6.45) is 0. The molecular formula is C20H24N4O4S. The molecule has 8 nitrogen and oxygen atoms in total. The molecule has 1 aromatic heterocycles. The van der Waals surface area contributed by atoms with Crippen LogP contribution in [0.15, 0.2) is 29.5 Å². The van der Waals surface area contributed by atoms with E-state index in [4.69, 9.17) is 32.2 Å². The minimum absolute atomic E-state index is 0.254. The van der Waals surface area contributed by atoms with Gasteiger partial charge in [0.1, 0.15) is 11.6 Å². The van der Waals surface area contributed by atoms with Gasteiger partial charge in [0.15, 0.2) is 16.3 Å². The standard InChI is InChI=1S/C20H24N4O4S/c1-5-27-12-8-7-11(9-13(12)26-4)15-14(19(25)28-6-2)10(3)22-18-16(15)17(21)23-20(29)24-18/h7-9,15H,5-6H2,1-4H3,(H4,21,22,23,24,29). The van der Waals surface area contributed by atoms with Gasteiger partial charge in [-0.2, -0.15) is 0 Å². The van der Waals surface area contributed by atoms with Crippen molar-refractivity contribution < 1.29 is 19.0 Å². The lowest BCUT2D eigenvalue weighted by atomic mass is 9.81. The van der Waals surface area contributed by atoms with Gasteiger partial charge in [0.05, 0.1) is 31.8 Å². The van der Waals surface area contributed by atoms with Gasteiger partial charge >= 0.3 is 5.97 Å². The van der Waals surface area contributed by atoms with E-state index >= 15 is 0 Å². The summed E-state index contributed by atoms with van der Waals surface area (Å²) in [7, 11) is 1.57. The Hall–Kier alpha value is -3.07. The number of carbonyl (C=O) groups is 1. The highest BCUT2D eigenvalue weighted by molar-refractivity contribution is 7.71. The predicted octanol–water partition coefficient (Wildman–Crippen LogP) is 3.52. The van der Waals surface area contributed by atoms with Crippen LogP contribution in [-0.2, 0) is 9.53 Å². The molecule has 3 rings (SSSR count). The van der Waals surface area contributed by atoms with Crippen LogP contribution < -0.4 is 20.5 Å². The first-order valence-electron chi connectivity index (χ1n) is 9.26. The number of ether oxygens (including phenoxy) is 3. The zero-order valence-corrected chi connectivity index (χ0v) is 17.6. The first-order valence-corrected chi connectivity index (χ1v) is 9.67. The van der Waals surface area contributed by atoms with Gasteiger partial charge in [-0.15, -0.1) is 0 Å². The number of rotatable bonds is 6. The summed E-state index contributed by atoms with van der Waals surface area (Å²) in [4.78, 5) is 20.1. The summed E-state index contributed by atoms with van der Waals surface area (Å²) in [5.74, 6) is 1.07. The van der Waals surface area contributed by atoms with Gasteiger partial charge in [0, 0.05) is 11.3 Å². The lowest BCUT2D eigenvalue weighted by Gasteiger charge is -2.30. The maximum atomic E-state index is 12.8. The predicted molar refractivity (Wildman–Crippen MR) is 113 cm³/mol. The molecule has 2 heterocycles. The van der Waals surface area contributed by atoms with Crippen LogP contribution in [0.2, 0.25) is 0 Å². The number of H-pyrrole nitrogens is 1. The van der Waals surface area contributed by atoms with E-state index in [1.807, 2.05) is 25.1 Å². The summed E-state index contributed by atoms with van der Waals surface area (Å²) in [6.45, 7) is 6.22. The number of aromatic nitrogens is 2. The van der Waals surface area contributed by atoms with E-state index < -0.39 is 11.9 Å². The number of nitrogens with two attached hydrogens (primary N) is 1. The molecule has 29 heavy (non-hydrogen) atoms. The second kappa shape index (κ2) is 8.52. The smallest absolute Gasteiger partial charge is 0.336 e. The Labute approximate surface area is 174 Å². The molecule has 0 bridgehead atoms. The van der Waals surface area contributed by atoms with Gasteiger partial charge in [-0.1, -0.05) is 6.07 Å². The van der Waals surface area contributed by atoms with Crippen LogP contribution in [-0.4, -0.2) is 36.3 Å². The molecular weight excluding hydrogens is 392 g/mol. The van der Waals surface area contributed by atoms with Gasteiger partial charge in [-0.05, 0) is 50.7 Å². The van der Waals surface area contributed by atoms with E-state index in [0.717, 1.165) is 5.56 Å². The molecule has 154 valence electrons. The van der Waals surface area contributed by atoms with Crippen molar-refractivity contribution in [2.45, 2.75) is 26.7 Å². The number of fused-ring (bicyclic) bond motifs is 1. The number of hydrogen-bond acceptors (Lipinski definition) is 8. The SMILES string of the molecule is CCOC(=O)C1=C(C)Nc2nc(=S)[nH]c(N)c2C1c1ccc(OCC)c(OC)c1. The molecule has 0 saturated heterocycles. The van der Waals surface area contributed by atoms with Crippen LogP contribution >= 0.6 is 12.2 Å². The molecule has 1 aliphatic heterocycles. The fraction of sp³-hybridized carbons (Fsp3) is 0.350. The van der Waals surface area contributed by atoms with Crippen LogP contribution in [0.5, 0.6) is 11.5 Å². The van der Waals surface area contributed by atoms with Crippen molar-refractivity contribution >= 4 is 29.8 Å². The number of nitrogen functional groups attached to an aromatic ring is 1. The number of methoxy groups -OCH3 is 1. The lowest BCUT2D eigenvalue weighted by molar-refractivity contribution is -0.138. The number of nitrogens with one attached hydrogen (secondary N) is 2. The third-order valence-electron chi connectivity index (χ3n) is 4.60. The highest BCUT2D eigenvalue weighted by atomic mass is 32.1. The number of allylic oxidation sites excluding steroid dienone is 1. The fourth-order valence-electron chi connectivity index (χ4n) is 3.44. The molecule has 2 aromatic rings. The molecule has 0 saturated carbocycles. The average molecular weight is 417 g/mol. The summed E-state index contributed by atoms with van der Waals surface area (Å²) < 4.78 is 16.7. The molecule has 1 aromatic carbocycles. The second-order valence-corrected chi connectivity index (χ2v) is 6.77. The molecule has 1 atom stereocenters. The first-order chi connectivity index (χ1) is 13.9. The van der Waals surface area contributed by atoms with E-state index in [-0.39, 0.29) is 11.4 Å². The molecule has 1 unspecified atom stereocenters. The summed E-state index contributed by atoms with van der Waals surface area (Å²) in [5.41, 5.74) is 8.75. The maximum Gasteiger partial charge on any atom is 0.336 e. The van der Waals surface area contributed by atoms with Crippen LogP contribution in [0.25, 0.3) is 0 Å². The number of nitrogens with zero attached hydrogens (tertiary/aromatic N) is 1. The van der Waals surface area contributed by atoms with Crippen molar-refractivity contribution in [3.05, 3.63) is 45.4 Å². The second-order valence-electron chi connectivity index (χ2n) is 6.38. The quantitative estimate of drug-likeness (QED) is 0.484. The maximum absolute atomic E-state index is 12.8. The number of carbonyl (C=O) groups excluding carboxylic acids is 1. The highest BCUT2D eigenvalue weighted by Gasteiger charge is 2.36. The summed E-state index contributed by atoms with van der Waals surface area (Å²) in [5, 5.41) is 3.14. The average Bonchev–Trinajstić information content (AvgIpc) is 2.67. The number of aromatic amines is 1. The number of esters is 1. The van der Waals surface area contributed by atoms with E-state index in [9.17, 15) is 4.79 Å². The zero-order chi connectivity index (χ0) is 21.1. The Morgan fingerprint density at radius 1 is 1.28 bits per heavy atom. The van der Waals surface area contributed by atoms with Crippen molar-refractivity contribution in [2.75, 3.05) is 31.4 Å². The van der Waals surface area contributed by atoms with Gasteiger partial charge in [-0.3, -0.25) is 0 Å². The van der Waals surface area contributed by atoms with E-state index in [1.54, 1.807) is 21.0 Å². The first kappa shape index (κ1) is 20.7. The summed E-state index contributed by atoms with van der Waals surface area (Å²) >= 11 is 5.16. The third kappa shape index (κ3) is 3.91. The molecule has 4 N–H and O–H groups in total. The number of benzene rings is 1. The van der Waals surface area contributed by atoms with Gasteiger partial charge in [0.2, 0.25) is 0 Å². The molecule has 0 amide bonds. The monoisotopic (exact) mass is 416 g/mol. The van der Waals surface area contributed by atoms with Crippen LogP contribution in [0, 0.1) is 4.77 Å². The Bertz CT molecular complexity index is 1030. The lowest BCUT2D eigenvalue weighted by Crippen LogP contribution is -2.26. The van der Waals surface area contributed by atoms with Crippen molar-refractivity contribution in [3.63, 3.8) is 0 Å². The van der Waals surface area contributed by atoms with Crippen LogP contribution in [0.1, 0.15) is 37.8 Å². The molecule has 0 spiro atoms. The molecule has 9 heteroatoms. The van der Waals surface area contributed by atoms with Gasteiger partial charge < -0.3 is 30.2 Å². The Morgan fingerprint density at radius 2 is 2.03 bits per heavy atom. The van der Waals surface area contributed by atoms with E-state index in [1.165, 1.54) is 0 Å². The fourth-order valence-corrected chi connectivity index (χ4v) is 3.65. The minimum Gasteiger partial charge on any atom is -0.493 e. The zero-order valence-electron chi connectivity index (χ0n) is 16.8. The van der Waals surface area contributed by atoms with Crippen LogP contribution in [0.3, 0.4) is 0 Å². The van der Waals surface area contributed by atoms with Crippen LogP contribution in [0.4, 0.5) is 11.6 Å². The van der Waals surface area contributed by atoms with Crippen molar-refractivity contribution in [1.29, 1.82) is 0 Å². The van der Waals surface area contributed by atoms with Gasteiger partial charge in [-0.25, -0.2) is 9.78 Å². The molecule has 0 radical (unpaired) electrons. The Morgan fingerprint density at radius 3 is 2.69 bits per heavy atom. The summed E-state index contributed by atoms with van der Waals surface area (Å²) in [6, 6.07) is 5.52. The topological polar surface area (TPSA) is 111 Å². The molecule has 0 aliphatic carbocycles. The highest BCUT2D eigenvalue weighted by Crippen LogP contribution is 2.45. The third-order valence-corrected chi connectivity index (χ3v) is 4.80. The minimum atomic E-state index is -0.519. The largest absolute Gasteiger partial charge is 0.493 e. The Kier molecular flexibility index (Phi) is 6.07. The van der Waals surface area contributed by atoms with Crippen molar-refractivity contribution in [3.8, 4) is 11.5 Å². The van der Waals surface area contributed by atoms with Crippen molar-refractivity contribution in [2.24, 2.45) is 0 Å². The van der Waals surface area contributed by atoms with E-state index in [0.29, 0.717) is 46.6 Å². The van der Waals surface area contributed by atoms with Crippen molar-refractivity contribution in [1.82, 2.24) is 9.97 Å². The Balaban J connectivity index is 2.25. The molecule has 1 aliphatic rings.